The van der Waals surface area contributed by atoms with Crippen molar-refractivity contribution < 1.29 is 9.94 Å². The van der Waals surface area contributed by atoms with E-state index in [9.17, 15) is 0 Å². The topological polar surface area (TPSA) is 53.9 Å². The van der Waals surface area contributed by atoms with Gasteiger partial charge in [0.15, 0.2) is 0 Å². The van der Waals surface area contributed by atoms with E-state index in [1.54, 1.807) is 7.11 Å². The van der Waals surface area contributed by atoms with Crippen LogP contribution in [0.3, 0.4) is 0 Å². The van der Waals surface area contributed by atoms with Crippen LogP contribution in [0.5, 0.6) is 0 Å². The fourth-order valence-electron chi connectivity index (χ4n) is 1.37. The summed E-state index contributed by atoms with van der Waals surface area (Å²) in [7, 11) is 1.56. The Bertz CT molecular complexity index is 159. The Morgan fingerprint density at radius 3 is 3.25 bits per heavy atom. The molecule has 0 aromatic heterocycles. The SMILES string of the molecule is CON=C1CCC[C@@H](CO)NC1. The largest absolute Gasteiger partial charge is 0.399 e. The fraction of sp³-hybridized carbons (Fsp3) is 0.875. The zero-order valence-electron chi connectivity index (χ0n) is 7.42. The van der Waals surface area contributed by atoms with Crippen LogP contribution in [0.15, 0.2) is 5.16 Å². The molecule has 0 aromatic carbocycles. The lowest BCUT2D eigenvalue weighted by Crippen LogP contribution is -2.33. The average Bonchev–Trinajstić information content (AvgIpc) is 2.31. The molecule has 1 fully saturated rings. The summed E-state index contributed by atoms with van der Waals surface area (Å²) in [4.78, 5) is 4.69. The van der Waals surface area contributed by atoms with Gasteiger partial charge in [-0.15, -0.1) is 0 Å². The highest BCUT2D eigenvalue weighted by Gasteiger charge is 2.13. The molecule has 0 saturated carbocycles. The van der Waals surface area contributed by atoms with Crippen molar-refractivity contribution in [2.45, 2.75) is 25.3 Å². The van der Waals surface area contributed by atoms with Crippen molar-refractivity contribution in [3.05, 3.63) is 0 Å². The van der Waals surface area contributed by atoms with Crippen molar-refractivity contribution in [3.63, 3.8) is 0 Å². The number of aliphatic hydroxyl groups is 1. The van der Waals surface area contributed by atoms with Crippen LogP contribution in [0.4, 0.5) is 0 Å². The van der Waals surface area contributed by atoms with Crippen molar-refractivity contribution in [2.75, 3.05) is 20.3 Å². The van der Waals surface area contributed by atoms with Gasteiger partial charge in [0.25, 0.3) is 0 Å². The molecule has 1 aliphatic rings. The molecule has 0 amide bonds. The Morgan fingerprint density at radius 2 is 2.58 bits per heavy atom. The summed E-state index contributed by atoms with van der Waals surface area (Å²) in [6.07, 6.45) is 3.05. The van der Waals surface area contributed by atoms with Crippen LogP contribution < -0.4 is 5.32 Å². The number of hydrogen-bond acceptors (Lipinski definition) is 4. The summed E-state index contributed by atoms with van der Waals surface area (Å²) in [6.45, 7) is 0.944. The third-order valence-corrected chi connectivity index (χ3v) is 2.05. The highest BCUT2D eigenvalue weighted by molar-refractivity contribution is 5.86. The lowest BCUT2D eigenvalue weighted by atomic mass is 10.1. The Balaban J connectivity index is 2.39. The van der Waals surface area contributed by atoms with Crippen LogP contribution in [-0.4, -0.2) is 37.1 Å². The molecule has 1 rings (SSSR count). The molecule has 4 nitrogen and oxygen atoms in total. The summed E-state index contributed by atoms with van der Waals surface area (Å²) in [5.41, 5.74) is 1.04. The van der Waals surface area contributed by atoms with Crippen LogP contribution in [0, 0.1) is 0 Å². The summed E-state index contributed by atoms with van der Waals surface area (Å²) in [6, 6.07) is 0.231. The molecule has 1 atom stereocenters. The van der Waals surface area contributed by atoms with Gasteiger partial charge in [0.2, 0.25) is 0 Å². The molecule has 0 unspecified atom stereocenters. The minimum atomic E-state index is 0.209. The second kappa shape index (κ2) is 5.11. The van der Waals surface area contributed by atoms with Crippen molar-refractivity contribution in [3.8, 4) is 0 Å². The first-order valence-corrected chi connectivity index (χ1v) is 4.30. The standard InChI is InChI=1S/C8H16N2O2/c1-12-10-7-3-2-4-8(6-11)9-5-7/h8-9,11H,2-6H2,1H3/t8-/m0/s1. The Hall–Kier alpha value is -0.610. The minimum Gasteiger partial charge on any atom is -0.399 e. The van der Waals surface area contributed by atoms with Crippen molar-refractivity contribution in [1.29, 1.82) is 0 Å². The lowest BCUT2D eigenvalue weighted by Gasteiger charge is -2.10. The monoisotopic (exact) mass is 172 g/mol. The van der Waals surface area contributed by atoms with Gasteiger partial charge in [0.05, 0.1) is 12.3 Å². The summed E-state index contributed by atoms with van der Waals surface area (Å²) in [5, 5.41) is 16.0. The third-order valence-electron chi connectivity index (χ3n) is 2.05. The van der Waals surface area contributed by atoms with Gasteiger partial charge in [0.1, 0.15) is 7.11 Å². The maximum Gasteiger partial charge on any atom is 0.106 e. The molecule has 0 bridgehead atoms. The van der Waals surface area contributed by atoms with E-state index in [1.807, 2.05) is 0 Å². The van der Waals surface area contributed by atoms with Gasteiger partial charge in [-0.25, -0.2) is 0 Å². The van der Waals surface area contributed by atoms with Crippen LogP contribution in [0.1, 0.15) is 19.3 Å². The second-order valence-electron chi connectivity index (χ2n) is 2.99. The molecule has 1 aliphatic heterocycles. The predicted octanol–water partition coefficient (Wildman–Crippen LogP) is 0.123. The van der Waals surface area contributed by atoms with Crippen LogP contribution in [0.2, 0.25) is 0 Å². The number of nitrogens with one attached hydrogen (secondary N) is 1. The van der Waals surface area contributed by atoms with Gasteiger partial charge in [-0.3, -0.25) is 0 Å². The molecule has 12 heavy (non-hydrogen) atoms. The number of oxime groups is 1. The first-order chi connectivity index (χ1) is 5.86. The normalized spacial score (nSPS) is 28.5. The van der Waals surface area contributed by atoms with Crippen molar-refractivity contribution in [1.82, 2.24) is 5.32 Å². The summed E-state index contributed by atoms with van der Waals surface area (Å²) >= 11 is 0. The molecule has 0 aliphatic carbocycles. The molecule has 70 valence electrons. The molecule has 2 N–H and O–H groups in total. The molecular weight excluding hydrogens is 156 g/mol. The lowest BCUT2D eigenvalue weighted by molar-refractivity contribution is 0.211. The van der Waals surface area contributed by atoms with Gasteiger partial charge in [-0.05, 0) is 19.3 Å². The van der Waals surface area contributed by atoms with E-state index in [-0.39, 0.29) is 12.6 Å². The summed E-state index contributed by atoms with van der Waals surface area (Å²) < 4.78 is 0. The molecule has 4 heteroatoms. The molecule has 1 heterocycles. The Labute approximate surface area is 72.6 Å². The number of nitrogens with zero attached hydrogens (tertiary/aromatic N) is 1. The second-order valence-corrected chi connectivity index (χ2v) is 2.99. The predicted molar refractivity (Wildman–Crippen MR) is 47.2 cm³/mol. The van der Waals surface area contributed by atoms with Gasteiger partial charge in [0, 0.05) is 12.6 Å². The van der Waals surface area contributed by atoms with E-state index in [2.05, 4.69) is 10.5 Å². The molecular formula is C8H16N2O2. The van der Waals surface area contributed by atoms with Crippen LogP contribution in [-0.2, 0) is 4.84 Å². The van der Waals surface area contributed by atoms with E-state index in [1.165, 1.54) is 0 Å². The van der Waals surface area contributed by atoms with Gasteiger partial charge < -0.3 is 15.3 Å². The first-order valence-electron chi connectivity index (χ1n) is 4.30. The van der Waals surface area contributed by atoms with Crippen LogP contribution in [0.25, 0.3) is 0 Å². The number of aliphatic hydroxyl groups excluding tert-OH is 1. The molecule has 0 spiro atoms. The Morgan fingerprint density at radius 1 is 1.75 bits per heavy atom. The van der Waals surface area contributed by atoms with E-state index >= 15 is 0 Å². The maximum atomic E-state index is 8.90. The smallest absolute Gasteiger partial charge is 0.106 e. The van der Waals surface area contributed by atoms with Crippen molar-refractivity contribution >= 4 is 5.71 Å². The van der Waals surface area contributed by atoms with E-state index in [0.29, 0.717) is 0 Å². The van der Waals surface area contributed by atoms with Gasteiger partial charge in [-0.2, -0.15) is 0 Å². The van der Waals surface area contributed by atoms with Crippen molar-refractivity contribution in [2.24, 2.45) is 5.16 Å². The maximum absolute atomic E-state index is 8.90. The number of rotatable bonds is 2. The molecule has 1 saturated heterocycles. The zero-order chi connectivity index (χ0) is 8.81. The fourth-order valence-corrected chi connectivity index (χ4v) is 1.37. The summed E-state index contributed by atoms with van der Waals surface area (Å²) in [5.74, 6) is 0. The van der Waals surface area contributed by atoms with Gasteiger partial charge >= 0.3 is 0 Å². The zero-order valence-corrected chi connectivity index (χ0v) is 7.42. The molecule has 0 radical (unpaired) electrons. The quantitative estimate of drug-likeness (QED) is 0.582. The van der Waals surface area contributed by atoms with Gasteiger partial charge in [-0.1, -0.05) is 5.16 Å². The Kier molecular flexibility index (Phi) is 4.04. The molecule has 0 aromatic rings. The van der Waals surface area contributed by atoms with E-state index in [4.69, 9.17) is 9.94 Å². The number of hydrogen-bond donors (Lipinski definition) is 2. The highest BCUT2D eigenvalue weighted by Crippen LogP contribution is 2.06. The van der Waals surface area contributed by atoms with E-state index in [0.717, 1.165) is 31.5 Å². The minimum absolute atomic E-state index is 0.209. The van der Waals surface area contributed by atoms with Crippen LogP contribution >= 0.6 is 0 Å². The highest BCUT2D eigenvalue weighted by atomic mass is 16.6. The average molecular weight is 172 g/mol. The van der Waals surface area contributed by atoms with E-state index < -0.39 is 0 Å². The first kappa shape index (κ1) is 9.48. The third kappa shape index (κ3) is 2.79.